The lowest BCUT2D eigenvalue weighted by Crippen LogP contribution is -2.22. The molecule has 1 aromatic rings. The molecule has 1 aromatic carbocycles. The number of hydrogen-bond donors (Lipinski definition) is 2. The highest BCUT2D eigenvalue weighted by atomic mass is 14.6. The fourth-order valence-electron chi connectivity index (χ4n) is 3.42. The van der Waals surface area contributed by atoms with Crippen LogP contribution in [0.15, 0.2) is 24.3 Å². The lowest BCUT2D eigenvalue weighted by molar-refractivity contribution is 0.224. The van der Waals surface area contributed by atoms with E-state index in [1.165, 1.54) is 36.8 Å². The van der Waals surface area contributed by atoms with Gasteiger partial charge in [0, 0.05) is 6.04 Å². The average molecular weight is 274 g/mol. The summed E-state index contributed by atoms with van der Waals surface area (Å²) in [5, 5.41) is 0. The van der Waals surface area contributed by atoms with Crippen LogP contribution in [0.4, 0.5) is 0 Å². The van der Waals surface area contributed by atoms with Gasteiger partial charge in [0.1, 0.15) is 0 Å². The lowest BCUT2D eigenvalue weighted by atomic mass is 9.70. The summed E-state index contributed by atoms with van der Waals surface area (Å²) in [6, 6.07) is 8.93. The largest absolute Gasteiger partial charge is 0.330 e. The minimum atomic E-state index is 0.143. The summed E-state index contributed by atoms with van der Waals surface area (Å²) in [6.07, 6.45) is 7.24. The maximum atomic E-state index is 6.39. The minimum absolute atomic E-state index is 0.143. The molecule has 0 saturated heterocycles. The van der Waals surface area contributed by atoms with E-state index in [4.69, 9.17) is 11.5 Å². The van der Waals surface area contributed by atoms with Gasteiger partial charge < -0.3 is 11.5 Å². The van der Waals surface area contributed by atoms with Crippen LogP contribution in [-0.2, 0) is 0 Å². The van der Waals surface area contributed by atoms with Crippen LogP contribution in [0.2, 0.25) is 0 Å². The minimum Gasteiger partial charge on any atom is -0.330 e. The van der Waals surface area contributed by atoms with Crippen molar-refractivity contribution in [3.8, 4) is 0 Å². The van der Waals surface area contributed by atoms with Gasteiger partial charge in [-0.15, -0.1) is 0 Å². The van der Waals surface area contributed by atoms with Gasteiger partial charge in [0.25, 0.3) is 0 Å². The van der Waals surface area contributed by atoms with Crippen LogP contribution in [0, 0.1) is 5.41 Å². The van der Waals surface area contributed by atoms with Crippen LogP contribution in [0.3, 0.4) is 0 Å². The highest BCUT2D eigenvalue weighted by molar-refractivity contribution is 5.33. The average Bonchev–Trinajstić information content (AvgIpc) is 2.45. The molecule has 2 heteroatoms. The van der Waals surface area contributed by atoms with E-state index in [-0.39, 0.29) is 6.04 Å². The molecule has 2 rings (SSSR count). The first-order valence-corrected chi connectivity index (χ1v) is 8.08. The molecule has 1 unspecified atom stereocenters. The van der Waals surface area contributed by atoms with Crippen molar-refractivity contribution in [2.45, 2.75) is 64.3 Å². The third kappa shape index (κ3) is 3.83. The van der Waals surface area contributed by atoms with Gasteiger partial charge in [-0.2, -0.15) is 0 Å². The zero-order valence-corrected chi connectivity index (χ0v) is 13.1. The van der Waals surface area contributed by atoms with Crippen LogP contribution in [0.1, 0.15) is 75.5 Å². The predicted molar refractivity (Wildman–Crippen MR) is 86.6 cm³/mol. The van der Waals surface area contributed by atoms with Crippen molar-refractivity contribution >= 4 is 0 Å². The van der Waals surface area contributed by atoms with Crippen molar-refractivity contribution in [2.75, 3.05) is 6.54 Å². The van der Waals surface area contributed by atoms with E-state index in [0.717, 1.165) is 19.4 Å². The first-order valence-electron chi connectivity index (χ1n) is 8.08. The van der Waals surface area contributed by atoms with E-state index >= 15 is 0 Å². The number of hydrogen-bond acceptors (Lipinski definition) is 2. The van der Waals surface area contributed by atoms with Gasteiger partial charge in [-0.3, -0.25) is 0 Å². The molecule has 0 amide bonds. The van der Waals surface area contributed by atoms with Gasteiger partial charge in [0.15, 0.2) is 0 Å². The van der Waals surface area contributed by atoms with Crippen molar-refractivity contribution in [1.82, 2.24) is 0 Å². The molecule has 0 spiro atoms. The monoisotopic (exact) mass is 274 g/mol. The molecule has 1 fully saturated rings. The van der Waals surface area contributed by atoms with Crippen molar-refractivity contribution < 1.29 is 0 Å². The van der Waals surface area contributed by atoms with Gasteiger partial charge in [-0.05, 0) is 67.5 Å². The van der Waals surface area contributed by atoms with Gasteiger partial charge in [-0.1, -0.05) is 38.1 Å². The molecule has 1 aliphatic carbocycles. The smallest absolute Gasteiger partial charge is 0.0298 e. The third-order valence-corrected chi connectivity index (χ3v) is 4.89. The molecule has 0 aliphatic heterocycles. The molecule has 0 radical (unpaired) electrons. The lowest BCUT2D eigenvalue weighted by Gasteiger charge is -2.35. The SMILES string of the molecule is CC1(C)CCC(c2ccccc2C(N)CCCN)CC1. The maximum absolute atomic E-state index is 6.39. The Balaban J connectivity index is 2.12. The Bertz CT molecular complexity index is 415. The Kier molecular flexibility index (Phi) is 5.22. The molecule has 0 aromatic heterocycles. The topological polar surface area (TPSA) is 52.0 Å². The summed E-state index contributed by atoms with van der Waals surface area (Å²) in [7, 11) is 0. The van der Waals surface area contributed by atoms with Gasteiger partial charge in [0.05, 0.1) is 0 Å². The van der Waals surface area contributed by atoms with Crippen LogP contribution < -0.4 is 11.5 Å². The van der Waals surface area contributed by atoms with Crippen molar-refractivity contribution in [3.63, 3.8) is 0 Å². The third-order valence-electron chi connectivity index (χ3n) is 4.89. The standard InChI is InChI=1S/C18H30N2/c1-18(2)11-9-14(10-12-18)15-6-3-4-7-16(15)17(20)8-5-13-19/h3-4,6-7,14,17H,5,8-13,19-20H2,1-2H3. The summed E-state index contributed by atoms with van der Waals surface area (Å²) in [5.41, 5.74) is 15.4. The molecule has 0 bridgehead atoms. The normalized spacial score (nSPS) is 20.8. The van der Waals surface area contributed by atoms with E-state index in [1.54, 1.807) is 0 Å². The second kappa shape index (κ2) is 6.73. The number of nitrogens with two attached hydrogens (primary N) is 2. The predicted octanol–water partition coefficient (Wildman–Crippen LogP) is 4.11. The van der Waals surface area contributed by atoms with Crippen molar-refractivity contribution in [2.24, 2.45) is 16.9 Å². The molecule has 1 aliphatic rings. The Morgan fingerprint density at radius 3 is 2.50 bits per heavy atom. The van der Waals surface area contributed by atoms with E-state index in [9.17, 15) is 0 Å². The number of rotatable bonds is 5. The second-order valence-electron chi connectivity index (χ2n) is 7.10. The Morgan fingerprint density at radius 1 is 1.20 bits per heavy atom. The molecule has 1 atom stereocenters. The van der Waals surface area contributed by atoms with E-state index in [0.29, 0.717) is 11.3 Å². The summed E-state index contributed by atoms with van der Waals surface area (Å²) >= 11 is 0. The highest BCUT2D eigenvalue weighted by Gasteiger charge is 2.29. The molecule has 2 nitrogen and oxygen atoms in total. The van der Waals surface area contributed by atoms with Gasteiger partial charge in [0.2, 0.25) is 0 Å². The molecule has 20 heavy (non-hydrogen) atoms. The van der Waals surface area contributed by atoms with Crippen LogP contribution >= 0.6 is 0 Å². The summed E-state index contributed by atoms with van der Waals surface area (Å²) in [6.45, 7) is 5.51. The van der Waals surface area contributed by atoms with Crippen LogP contribution in [0.5, 0.6) is 0 Å². The number of benzene rings is 1. The molecule has 4 N–H and O–H groups in total. The van der Waals surface area contributed by atoms with Crippen LogP contribution in [0.25, 0.3) is 0 Å². The Morgan fingerprint density at radius 2 is 1.85 bits per heavy atom. The first-order chi connectivity index (χ1) is 9.53. The second-order valence-corrected chi connectivity index (χ2v) is 7.10. The van der Waals surface area contributed by atoms with E-state index < -0.39 is 0 Å². The Labute approximate surface area is 123 Å². The zero-order valence-electron chi connectivity index (χ0n) is 13.1. The van der Waals surface area contributed by atoms with E-state index in [1.807, 2.05) is 0 Å². The highest BCUT2D eigenvalue weighted by Crippen LogP contribution is 2.43. The molecule has 1 saturated carbocycles. The fraction of sp³-hybridized carbons (Fsp3) is 0.667. The quantitative estimate of drug-likeness (QED) is 0.849. The first kappa shape index (κ1) is 15.5. The molecule has 0 heterocycles. The van der Waals surface area contributed by atoms with E-state index in [2.05, 4.69) is 38.1 Å². The van der Waals surface area contributed by atoms with Gasteiger partial charge in [-0.25, -0.2) is 0 Å². The van der Waals surface area contributed by atoms with Crippen LogP contribution in [-0.4, -0.2) is 6.54 Å². The molecular formula is C18H30N2. The fourth-order valence-corrected chi connectivity index (χ4v) is 3.42. The summed E-state index contributed by atoms with van der Waals surface area (Å²) < 4.78 is 0. The molecular weight excluding hydrogens is 244 g/mol. The van der Waals surface area contributed by atoms with Crippen molar-refractivity contribution in [1.29, 1.82) is 0 Å². The summed E-state index contributed by atoms with van der Waals surface area (Å²) in [5.74, 6) is 0.697. The molecule has 112 valence electrons. The summed E-state index contributed by atoms with van der Waals surface area (Å²) in [4.78, 5) is 0. The Hall–Kier alpha value is -0.860. The zero-order chi connectivity index (χ0) is 14.6. The van der Waals surface area contributed by atoms with Crippen molar-refractivity contribution in [3.05, 3.63) is 35.4 Å². The van der Waals surface area contributed by atoms with Gasteiger partial charge >= 0.3 is 0 Å². The maximum Gasteiger partial charge on any atom is 0.0298 e.